The Hall–Kier alpha value is -1.75. The van der Waals surface area contributed by atoms with Crippen molar-refractivity contribution in [1.29, 1.82) is 0 Å². The summed E-state index contributed by atoms with van der Waals surface area (Å²) in [6, 6.07) is 6.14. The molecule has 1 saturated heterocycles. The van der Waals surface area contributed by atoms with Crippen LogP contribution in [0.25, 0.3) is 0 Å². The molecule has 5 nitrogen and oxygen atoms in total. The molecule has 2 rings (SSSR count). The lowest BCUT2D eigenvalue weighted by Gasteiger charge is -2.34. The van der Waals surface area contributed by atoms with Gasteiger partial charge in [-0.2, -0.15) is 0 Å². The van der Waals surface area contributed by atoms with Crippen molar-refractivity contribution in [2.45, 2.75) is 44.8 Å². The lowest BCUT2D eigenvalue weighted by atomic mass is 9.95. The number of nitrogens with one attached hydrogen (secondary N) is 2. The van der Waals surface area contributed by atoms with Crippen LogP contribution in [0.3, 0.4) is 0 Å². The van der Waals surface area contributed by atoms with E-state index in [0.717, 1.165) is 12.8 Å². The fourth-order valence-electron chi connectivity index (χ4n) is 2.75. The lowest BCUT2D eigenvalue weighted by molar-refractivity contribution is 0.0914. The summed E-state index contributed by atoms with van der Waals surface area (Å²) >= 11 is 0. The monoisotopic (exact) mass is 292 g/mol. The standard InChI is InChI=1S/C16H24N2O3/c1-10-5-7-13(11(2)17-10)18-16(19)12-6-8-14(20-3)15(9-12)21-4/h6,8-11,13,17H,5,7H2,1-4H3,(H,18,19). The minimum absolute atomic E-state index is 0.0795. The van der Waals surface area contributed by atoms with Crippen LogP contribution in [0.5, 0.6) is 11.5 Å². The molecule has 0 radical (unpaired) electrons. The minimum Gasteiger partial charge on any atom is -0.493 e. The van der Waals surface area contributed by atoms with Gasteiger partial charge in [-0.3, -0.25) is 4.79 Å². The molecule has 1 aliphatic heterocycles. The third-order valence-electron chi connectivity index (χ3n) is 4.02. The molecule has 3 unspecified atom stereocenters. The lowest BCUT2D eigenvalue weighted by Crippen LogP contribution is -2.54. The number of benzene rings is 1. The Morgan fingerprint density at radius 2 is 1.90 bits per heavy atom. The maximum Gasteiger partial charge on any atom is 0.251 e. The van der Waals surface area contributed by atoms with Gasteiger partial charge < -0.3 is 20.1 Å². The predicted octanol–water partition coefficient (Wildman–Crippen LogP) is 1.96. The van der Waals surface area contributed by atoms with E-state index in [1.807, 2.05) is 0 Å². The number of carbonyl (C=O) groups excluding carboxylic acids is 1. The number of piperidine rings is 1. The van der Waals surface area contributed by atoms with Crippen molar-refractivity contribution in [2.24, 2.45) is 0 Å². The molecule has 0 spiro atoms. The first kappa shape index (κ1) is 15.6. The number of hydrogen-bond donors (Lipinski definition) is 2. The van der Waals surface area contributed by atoms with Gasteiger partial charge >= 0.3 is 0 Å². The van der Waals surface area contributed by atoms with Gasteiger partial charge in [0.2, 0.25) is 0 Å². The molecule has 1 amide bonds. The first-order valence-electron chi connectivity index (χ1n) is 7.34. The van der Waals surface area contributed by atoms with Gasteiger partial charge in [0.1, 0.15) is 0 Å². The second kappa shape index (κ2) is 6.80. The molecule has 1 aliphatic rings. The zero-order valence-electron chi connectivity index (χ0n) is 13.1. The fourth-order valence-corrected chi connectivity index (χ4v) is 2.75. The van der Waals surface area contributed by atoms with Gasteiger partial charge in [-0.05, 0) is 44.9 Å². The molecule has 5 heteroatoms. The van der Waals surface area contributed by atoms with Gasteiger partial charge in [0.25, 0.3) is 5.91 Å². The maximum absolute atomic E-state index is 12.4. The predicted molar refractivity (Wildman–Crippen MR) is 82.1 cm³/mol. The van der Waals surface area contributed by atoms with Crippen molar-refractivity contribution in [2.75, 3.05) is 14.2 Å². The fraction of sp³-hybridized carbons (Fsp3) is 0.562. The first-order chi connectivity index (χ1) is 10.0. The summed E-state index contributed by atoms with van der Waals surface area (Å²) in [6.45, 7) is 4.28. The molecule has 1 aromatic rings. The van der Waals surface area contributed by atoms with Crippen molar-refractivity contribution in [3.8, 4) is 11.5 Å². The van der Waals surface area contributed by atoms with Crippen LogP contribution in [0.2, 0.25) is 0 Å². The molecule has 3 atom stereocenters. The average molecular weight is 292 g/mol. The highest BCUT2D eigenvalue weighted by Crippen LogP contribution is 2.27. The molecule has 1 fully saturated rings. The minimum atomic E-state index is -0.0795. The quantitative estimate of drug-likeness (QED) is 0.890. The van der Waals surface area contributed by atoms with Gasteiger partial charge in [0.05, 0.1) is 14.2 Å². The van der Waals surface area contributed by atoms with Gasteiger partial charge in [0.15, 0.2) is 11.5 Å². The Labute approximate surface area is 126 Å². The summed E-state index contributed by atoms with van der Waals surface area (Å²) in [5.74, 6) is 1.10. The summed E-state index contributed by atoms with van der Waals surface area (Å²) in [5, 5.41) is 6.56. The van der Waals surface area contributed by atoms with E-state index in [1.165, 1.54) is 0 Å². The third kappa shape index (κ3) is 3.67. The van der Waals surface area contributed by atoms with E-state index in [2.05, 4.69) is 24.5 Å². The number of rotatable bonds is 4. The summed E-state index contributed by atoms with van der Waals surface area (Å²) in [6.07, 6.45) is 2.07. The zero-order chi connectivity index (χ0) is 15.4. The summed E-state index contributed by atoms with van der Waals surface area (Å²) in [7, 11) is 3.14. The SMILES string of the molecule is COc1ccc(C(=O)NC2CCC(C)NC2C)cc1OC. The van der Waals surface area contributed by atoms with E-state index >= 15 is 0 Å². The van der Waals surface area contributed by atoms with Crippen molar-refractivity contribution in [3.05, 3.63) is 23.8 Å². The average Bonchev–Trinajstić information content (AvgIpc) is 2.49. The second-order valence-corrected chi connectivity index (χ2v) is 5.58. The largest absolute Gasteiger partial charge is 0.493 e. The van der Waals surface area contributed by atoms with E-state index in [-0.39, 0.29) is 18.0 Å². The highest BCUT2D eigenvalue weighted by atomic mass is 16.5. The molecular formula is C16H24N2O3. The van der Waals surface area contributed by atoms with Crippen LogP contribution in [-0.2, 0) is 0 Å². The first-order valence-corrected chi connectivity index (χ1v) is 7.34. The molecule has 116 valence electrons. The Kier molecular flexibility index (Phi) is 5.07. The van der Waals surface area contributed by atoms with Crippen LogP contribution < -0.4 is 20.1 Å². The molecule has 0 aliphatic carbocycles. The van der Waals surface area contributed by atoms with Gasteiger partial charge in [0, 0.05) is 23.7 Å². The van der Waals surface area contributed by atoms with Crippen molar-refractivity contribution < 1.29 is 14.3 Å². The van der Waals surface area contributed by atoms with Crippen LogP contribution in [0.15, 0.2) is 18.2 Å². The molecule has 1 aromatic carbocycles. The number of amides is 1. The van der Waals surface area contributed by atoms with E-state index in [1.54, 1.807) is 32.4 Å². The van der Waals surface area contributed by atoms with Crippen molar-refractivity contribution in [3.63, 3.8) is 0 Å². The molecule has 0 saturated carbocycles. The normalized spacial score (nSPS) is 25.2. The number of methoxy groups -OCH3 is 2. The smallest absolute Gasteiger partial charge is 0.251 e. The molecule has 0 bridgehead atoms. The maximum atomic E-state index is 12.4. The van der Waals surface area contributed by atoms with Crippen LogP contribution in [0.4, 0.5) is 0 Å². The molecule has 0 aromatic heterocycles. The number of hydrogen-bond acceptors (Lipinski definition) is 4. The Bertz CT molecular complexity index is 504. The van der Waals surface area contributed by atoms with Gasteiger partial charge in [-0.1, -0.05) is 0 Å². The number of carbonyl (C=O) groups is 1. The van der Waals surface area contributed by atoms with E-state index < -0.39 is 0 Å². The van der Waals surface area contributed by atoms with Crippen molar-refractivity contribution >= 4 is 5.91 Å². The Morgan fingerprint density at radius 3 is 2.52 bits per heavy atom. The molecule has 21 heavy (non-hydrogen) atoms. The second-order valence-electron chi connectivity index (χ2n) is 5.58. The summed E-state index contributed by atoms with van der Waals surface area (Å²) in [4.78, 5) is 12.4. The van der Waals surface area contributed by atoms with E-state index in [9.17, 15) is 4.79 Å². The zero-order valence-corrected chi connectivity index (χ0v) is 13.1. The molecule has 2 N–H and O–H groups in total. The van der Waals surface area contributed by atoms with Crippen LogP contribution in [0.1, 0.15) is 37.0 Å². The van der Waals surface area contributed by atoms with E-state index in [0.29, 0.717) is 23.1 Å². The van der Waals surface area contributed by atoms with Crippen LogP contribution >= 0.6 is 0 Å². The van der Waals surface area contributed by atoms with Crippen LogP contribution in [0, 0.1) is 0 Å². The van der Waals surface area contributed by atoms with Crippen molar-refractivity contribution in [1.82, 2.24) is 10.6 Å². The number of ether oxygens (including phenoxy) is 2. The Balaban J connectivity index is 2.06. The molecule has 1 heterocycles. The van der Waals surface area contributed by atoms with Gasteiger partial charge in [-0.15, -0.1) is 0 Å². The highest BCUT2D eigenvalue weighted by molar-refractivity contribution is 5.95. The van der Waals surface area contributed by atoms with Crippen LogP contribution in [-0.4, -0.2) is 38.3 Å². The molecular weight excluding hydrogens is 268 g/mol. The van der Waals surface area contributed by atoms with Gasteiger partial charge in [-0.25, -0.2) is 0 Å². The Morgan fingerprint density at radius 1 is 1.19 bits per heavy atom. The highest BCUT2D eigenvalue weighted by Gasteiger charge is 2.26. The van der Waals surface area contributed by atoms with E-state index in [4.69, 9.17) is 9.47 Å². The summed E-state index contributed by atoms with van der Waals surface area (Å²) in [5.41, 5.74) is 0.582. The topological polar surface area (TPSA) is 59.6 Å². The third-order valence-corrected chi connectivity index (χ3v) is 4.02. The summed E-state index contributed by atoms with van der Waals surface area (Å²) < 4.78 is 10.4.